The van der Waals surface area contributed by atoms with Crippen LogP contribution in [0.3, 0.4) is 0 Å². The zero-order valence-electron chi connectivity index (χ0n) is 12.3. The first kappa shape index (κ1) is 14.4. The van der Waals surface area contributed by atoms with Crippen molar-refractivity contribution >= 4 is 0 Å². The largest absolute Gasteiger partial charge is 0.496 e. The highest BCUT2D eigenvalue weighted by Crippen LogP contribution is 2.27. The zero-order valence-corrected chi connectivity index (χ0v) is 12.3. The Kier molecular flexibility index (Phi) is 5.23. The van der Waals surface area contributed by atoms with Crippen molar-refractivity contribution in [3.8, 4) is 5.75 Å². The van der Waals surface area contributed by atoms with E-state index < -0.39 is 0 Å². The maximum atomic E-state index is 5.41. The molecule has 1 saturated heterocycles. The fourth-order valence-corrected chi connectivity index (χ4v) is 2.95. The Bertz CT molecular complexity index is 400. The maximum absolute atomic E-state index is 5.41. The van der Waals surface area contributed by atoms with Gasteiger partial charge < -0.3 is 15.4 Å². The van der Waals surface area contributed by atoms with E-state index >= 15 is 0 Å². The molecule has 1 aliphatic rings. The van der Waals surface area contributed by atoms with Gasteiger partial charge in [-0.25, -0.2) is 0 Å². The molecule has 3 heteroatoms. The van der Waals surface area contributed by atoms with Gasteiger partial charge in [0.05, 0.1) is 7.11 Å². The summed E-state index contributed by atoms with van der Waals surface area (Å²) >= 11 is 0. The molecule has 2 unspecified atom stereocenters. The molecule has 3 nitrogen and oxygen atoms in total. The number of aryl methyl sites for hydroxylation is 1. The Morgan fingerprint density at radius 2 is 2.32 bits per heavy atom. The summed E-state index contributed by atoms with van der Waals surface area (Å²) in [5.74, 6) is 1.00. The number of methoxy groups -OCH3 is 1. The van der Waals surface area contributed by atoms with Crippen LogP contribution in [0.25, 0.3) is 0 Å². The number of rotatable bonds is 6. The van der Waals surface area contributed by atoms with Gasteiger partial charge >= 0.3 is 0 Å². The highest BCUT2D eigenvalue weighted by atomic mass is 16.5. The summed E-state index contributed by atoms with van der Waals surface area (Å²) in [6.07, 6.45) is 4.78. The number of hydrogen-bond donors (Lipinski definition) is 2. The van der Waals surface area contributed by atoms with E-state index in [2.05, 4.69) is 42.8 Å². The van der Waals surface area contributed by atoms with Crippen molar-refractivity contribution in [2.45, 2.75) is 44.7 Å². The van der Waals surface area contributed by atoms with E-state index in [1.807, 2.05) is 0 Å². The predicted octanol–water partition coefficient (Wildman–Crippen LogP) is 2.66. The van der Waals surface area contributed by atoms with Gasteiger partial charge in [0.15, 0.2) is 0 Å². The van der Waals surface area contributed by atoms with E-state index in [0.717, 1.165) is 18.6 Å². The Morgan fingerprint density at radius 3 is 2.89 bits per heavy atom. The molecular weight excluding hydrogens is 236 g/mol. The van der Waals surface area contributed by atoms with Gasteiger partial charge in [0.1, 0.15) is 5.75 Å². The van der Waals surface area contributed by atoms with Crippen LogP contribution >= 0.6 is 0 Å². The molecule has 0 saturated carbocycles. The summed E-state index contributed by atoms with van der Waals surface area (Å²) in [7, 11) is 3.79. The van der Waals surface area contributed by atoms with Crippen molar-refractivity contribution in [1.82, 2.24) is 10.6 Å². The quantitative estimate of drug-likeness (QED) is 0.827. The van der Waals surface area contributed by atoms with E-state index in [1.165, 1.54) is 30.5 Å². The fourth-order valence-electron chi connectivity index (χ4n) is 2.95. The normalized spacial score (nSPS) is 20.5. The van der Waals surface area contributed by atoms with Crippen molar-refractivity contribution in [2.24, 2.45) is 0 Å². The molecule has 1 fully saturated rings. The molecule has 2 N–H and O–H groups in total. The molecule has 1 aliphatic heterocycles. The third-order valence-electron chi connectivity index (χ3n) is 4.12. The van der Waals surface area contributed by atoms with Crippen LogP contribution in [0.5, 0.6) is 5.75 Å². The summed E-state index contributed by atoms with van der Waals surface area (Å²) in [4.78, 5) is 0. The molecule has 1 heterocycles. The summed E-state index contributed by atoms with van der Waals surface area (Å²) in [5, 5.41) is 7.03. The smallest absolute Gasteiger partial charge is 0.122 e. The van der Waals surface area contributed by atoms with Crippen LogP contribution in [0.4, 0.5) is 0 Å². The lowest BCUT2D eigenvalue weighted by molar-refractivity contribution is 0.408. The van der Waals surface area contributed by atoms with Gasteiger partial charge in [0, 0.05) is 12.1 Å². The van der Waals surface area contributed by atoms with Crippen molar-refractivity contribution < 1.29 is 4.74 Å². The minimum atomic E-state index is 0.423. The van der Waals surface area contributed by atoms with Crippen LogP contribution in [0.1, 0.15) is 43.4 Å². The second kappa shape index (κ2) is 6.92. The molecule has 1 aromatic rings. The monoisotopic (exact) mass is 262 g/mol. The Hall–Kier alpha value is -1.06. The molecule has 0 aliphatic carbocycles. The van der Waals surface area contributed by atoms with Gasteiger partial charge in [0.25, 0.3) is 0 Å². The lowest BCUT2D eigenvalue weighted by Crippen LogP contribution is -2.28. The van der Waals surface area contributed by atoms with Crippen LogP contribution in [0.15, 0.2) is 18.2 Å². The fraction of sp³-hybridized carbons (Fsp3) is 0.625. The molecule has 0 spiro atoms. The molecular formula is C16H26N2O. The molecule has 0 amide bonds. The molecule has 0 radical (unpaired) electrons. The highest BCUT2D eigenvalue weighted by Gasteiger charge is 2.20. The SMILES string of the molecule is CCc1cc(C(CC2CCCN2)NC)ccc1OC. The number of nitrogens with one attached hydrogen (secondary N) is 2. The molecule has 106 valence electrons. The summed E-state index contributed by atoms with van der Waals surface area (Å²) in [6, 6.07) is 7.65. The van der Waals surface area contributed by atoms with Crippen LogP contribution in [-0.4, -0.2) is 26.7 Å². The summed E-state index contributed by atoms with van der Waals surface area (Å²) in [5.41, 5.74) is 2.66. The molecule has 1 aromatic carbocycles. The standard InChI is InChI=1S/C16H26N2O/c1-4-12-10-13(7-8-16(12)19-3)15(17-2)11-14-6-5-9-18-14/h7-8,10,14-15,17-18H,4-6,9,11H2,1-3H3. The number of ether oxygens (including phenoxy) is 1. The molecule has 0 aromatic heterocycles. The minimum absolute atomic E-state index is 0.423. The van der Waals surface area contributed by atoms with E-state index in [0.29, 0.717) is 12.1 Å². The minimum Gasteiger partial charge on any atom is -0.496 e. The van der Waals surface area contributed by atoms with Crippen LogP contribution in [-0.2, 0) is 6.42 Å². The molecule has 2 rings (SSSR count). The maximum Gasteiger partial charge on any atom is 0.122 e. The van der Waals surface area contributed by atoms with E-state index in [1.54, 1.807) is 7.11 Å². The second-order valence-corrected chi connectivity index (χ2v) is 5.30. The highest BCUT2D eigenvalue weighted by molar-refractivity contribution is 5.38. The summed E-state index contributed by atoms with van der Waals surface area (Å²) < 4.78 is 5.41. The van der Waals surface area contributed by atoms with Gasteiger partial charge in [0.2, 0.25) is 0 Å². The third kappa shape index (κ3) is 3.48. The van der Waals surface area contributed by atoms with Gasteiger partial charge in [-0.3, -0.25) is 0 Å². The predicted molar refractivity (Wildman–Crippen MR) is 79.8 cm³/mol. The first-order chi connectivity index (χ1) is 9.28. The van der Waals surface area contributed by atoms with E-state index in [-0.39, 0.29) is 0 Å². The van der Waals surface area contributed by atoms with Crippen molar-refractivity contribution in [3.63, 3.8) is 0 Å². The number of hydrogen-bond acceptors (Lipinski definition) is 3. The van der Waals surface area contributed by atoms with E-state index in [9.17, 15) is 0 Å². The van der Waals surface area contributed by atoms with Gasteiger partial charge in [-0.05, 0) is 56.5 Å². The van der Waals surface area contributed by atoms with Crippen LogP contribution in [0.2, 0.25) is 0 Å². The topological polar surface area (TPSA) is 33.3 Å². The Morgan fingerprint density at radius 1 is 1.47 bits per heavy atom. The summed E-state index contributed by atoms with van der Waals surface area (Å²) in [6.45, 7) is 3.35. The molecule has 0 bridgehead atoms. The lowest BCUT2D eigenvalue weighted by Gasteiger charge is -2.22. The molecule has 19 heavy (non-hydrogen) atoms. The third-order valence-corrected chi connectivity index (χ3v) is 4.12. The van der Waals surface area contributed by atoms with Crippen molar-refractivity contribution in [2.75, 3.05) is 20.7 Å². The average Bonchev–Trinajstić information content (AvgIpc) is 2.97. The number of benzene rings is 1. The van der Waals surface area contributed by atoms with Crippen molar-refractivity contribution in [3.05, 3.63) is 29.3 Å². The van der Waals surface area contributed by atoms with Gasteiger partial charge in [-0.15, -0.1) is 0 Å². The van der Waals surface area contributed by atoms with Crippen LogP contribution < -0.4 is 15.4 Å². The lowest BCUT2D eigenvalue weighted by atomic mass is 9.96. The van der Waals surface area contributed by atoms with Crippen LogP contribution in [0, 0.1) is 0 Å². The zero-order chi connectivity index (χ0) is 13.7. The van der Waals surface area contributed by atoms with Gasteiger partial charge in [-0.1, -0.05) is 19.1 Å². The van der Waals surface area contributed by atoms with Gasteiger partial charge in [-0.2, -0.15) is 0 Å². The first-order valence-electron chi connectivity index (χ1n) is 7.36. The van der Waals surface area contributed by atoms with E-state index in [4.69, 9.17) is 4.74 Å². The second-order valence-electron chi connectivity index (χ2n) is 5.30. The Labute approximate surface area is 116 Å². The first-order valence-corrected chi connectivity index (χ1v) is 7.36. The van der Waals surface area contributed by atoms with Crippen molar-refractivity contribution in [1.29, 1.82) is 0 Å². The average molecular weight is 262 g/mol. The molecule has 2 atom stereocenters. The Balaban J connectivity index is 2.12.